The number of nitro groups is 1. The molecular weight excluding hydrogens is 326 g/mol. The summed E-state index contributed by atoms with van der Waals surface area (Å²) in [6.07, 6.45) is 0. The first kappa shape index (κ1) is 16.4. The van der Waals surface area contributed by atoms with E-state index >= 15 is 0 Å². The zero-order valence-electron chi connectivity index (χ0n) is 13.6. The molecule has 0 aliphatic heterocycles. The zero-order chi connectivity index (χ0) is 17.8. The van der Waals surface area contributed by atoms with Gasteiger partial charge in [-0.25, -0.2) is 0 Å². The smallest absolute Gasteiger partial charge is 0.314 e. The number of methoxy groups -OCH3 is 1. The SMILES string of the molecule is COc1ccc(OCc2nc(-c3ccc(C)cc3)no2)c([N+](=O)[O-])c1. The van der Waals surface area contributed by atoms with Gasteiger partial charge in [-0.15, -0.1) is 0 Å². The Kier molecular flexibility index (Phi) is 4.60. The second kappa shape index (κ2) is 7.00. The van der Waals surface area contributed by atoms with Crippen molar-refractivity contribution in [2.75, 3.05) is 7.11 Å². The molecule has 0 atom stereocenters. The first-order chi connectivity index (χ1) is 12.1. The molecule has 0 aliphatic carbocycles. The Morgan fingerprint density at radius 1 is 1.20 bits per heavy atom. The molecule has 25 heavy (non-hydrogen) atoms. The molecule has 128 valence electrons. The van der Waals surface area contributed by atoms with Crippen LogP contribution in [0.2, 0.25) is 0 Å². The van der Waals surface area contributed by atoms with Gasteiger partial charge in [0.15, 0.2) is 12.4 Å². The van der Waals surface area contributed by atoms with E-state index in [1.807, 2.05) is 31.2 Å². The highest BCUT2D eigenvalue weighted by molar-refractivity contribution is 5.54. The Morgan fingerprint density at radius 2 is 1.96 bits per heavy atom. The van der Waals surface area contributed by atoms with Crippen LogP contribution in [0.25, 0.3) is 11.4 Å². The fraction of sp³-hybridized carbons (Fsp3) is 0.176. The average molecular weight is 341 g/mol. The number of ether oxygens (including phenoxy) is 2. The maximum Gasteiger partial charge on any atom is 0.314 e. The van der Waals surface area contributed by atoms with E-state index in [0.717, 1.165) is 11.1 Å². The zero-order valence-corrected chi connectivity index (χ0v) is 13.6. The fourth-order valence-corrected chi connectivity index (χ4v) is 2.16. The van der Waals surface area contributed by atoms with E-state index in [4.69, 9.17) is 14.0 Å². The van der Waals surface area contributed by atoms with E-state index in [1.165, 1.54) is 19.2 Å². The van der Waals surface area contributed by atoms with Crippen molar-refractivity contribution in [3.05, 3.63) is 64.0 Å². The third-order valence-electron chi connectivity index (χ3n) is 3.49. The van der Waals surface area contributed by atoms with Crippen LogP contribution in [0.15, 0.2) is 47.0 Å². The molecule has 0 spiro atoms. The number of nitrogens with zero attached hydrogens (tertiary/aromatic N) is 3. The highest BCUT2D eigenvalue weighted by Crippen LogP contribution is 2.31. The Bertz CT molecular complexity index is 890. The first-order valence-corrected chi connectivity index (χ1v) is 7.41. The lowest BCUT2D eigenvalue weighted by Crippen LogP contribution is -2.00. The van der Waals surface area contributed by atoms with Crippen LogP contribution in [0.5, 0.6) is 11.5 Å². The molecule has 1 heterocycles. The summed E-state index contributed by atoms with van der Waals surface area (Å²) in [4.78, 5) is 14.8. The number of benzene rings is 2. The van der Waals surface area contributed by atoms with Gasteiger partial charge < -0.3 is 14.0 Å². The van der Waals surface area contributed by atoms with Gasteiger partial charge in [-0.3, -0.25) is 10.1 Å². The molecule has 0 amide bonds. The van der Waals surface area contributed by atoms with Gasteiger partial charge in [-0.05, 0) is 19.1 Å². The Balaban J connectivity index is 1.74. The fourth-order valence-electron chi connectivity index (χ4n) is 2.16. The van der Waals surface area contributed by atoms with Gasteiger partial charge in [0.2, 0.25) is 5.82 Å². The molecule has 0 radical (unpaired) electrons. The summed E-state index contributed by atoms with van der Waals surface area (Å²) in [6.45, 7) is 1.91. The lowest BCUT2D eigenvalue weighted by atomic mass is 10.1. The van der Waals surface area contributed by atoms with Crippen LogP contribution in [-0.4, -0.2) is 22.2 Å². The second-order valence-corrected chi connectivity index (χ2v) is 5.26. The monoisotopic (exact) mass is 341 g/mol. The molecule has 2 aromatic carbocycles. The van der Waals surface area contributed by atoms with Crippen LogP contribution in [-0.2, 0) is 6.61 Å². The molecule has 0 fully saturated rings. The first-order valence-electron chi connectivity index (χ1n) is 7.41. The predicted molar refractivity (Wildman–Crippen MR) is 88.5 cm³/mol. The van der Waals surface area contributed by atoms with Gasteiger partial charge in [0.25, 0.3) is 5.89 Å². The predicted octanol–water partition coefficient (Wildman–Crippen LogP) is 3.54. The molecule has 8 nitrogen and oxygen atoms in total. The molecular formula is C17H15N3O5. The summed E-state index contributed by atoms with van der Waals surface area (Å²) < 4.78 is 15.6. The van der Waals surface area contributed by atoms with E-state index in [9.17, 15) is 10.1 Å². The minimum atomic E-state index is -0.538. The maximum atomic E-state index is 11.1. The van der Waals surface area contributed by atoms with Crippen molar-refractivity contribution >= 4 is 5.69 Å². The van der Waals surface area contributed by atoms with Gasteiger partial charge in [0.1, 0.15) is 5.75 Å². The van der Waals surface area contributed by atoms with Gasteiger partial charge >= 0.3 is 5.69 Å². The van der Waals surface area contributed by atoms with Crippen molar-refractivity contribution in [2.45, 2.75) is 13.5 Å². The maximum absolute atomic E-state index is 11.1. The molecule has 0 N–H and O–H groups in total. The average Bonchev–Trinajstić information content (AvgIpc) is 3.09. The largest absolute Gasteiger partial charge is 0.496 e. The highest BCUT2D eigenvalue weighted by Gasteiger charge is 2.18. The van der Waals surface area contributed by atoms with Gasteiger partial charge in [-0.1, -0.05) is 35.0 Å². The third kappa shape index (κ3) is 3.74. The van der Waals surface area contributed by atoms with Crippen molar-refractivity contribution in [2.24, 2.45) is 0 Å². The van der Waals surface area contributed by atoms with Crippen LogP contribution in [0, 0.1) is 17.0 Å². The van der Waals surface area contributed by atoms with Crippen molar-refractivity contribution in [3.8, 4) is 22.9 Å². The minimum Gasteiger partial charge on any atom is -0.496 e. The molecule has 0 unspecified atom stereocenters. The normalized spacial score (nSPS) is 10.5. The standard InChI is InChI=1S/C17H15N3O5/c1-11-3-5-12(6-4-11)17-18-16(25-19-17)10-24-15-8-7-13(23-2)9-14(15)20(21)22/h3-9H,10H2,1-2H3. The van der Waals surface area contributed by atoms with Crippen LogP contribution < -0.4 is 9.47 Å². The third-order valence-corrected chi connectivity index (χ3v) is 3.49. The molecule has 3 rings (SSSR count). The Labute approximate surface area is 143 Å². The van der Waals surface area contributed by atoms with Crippen LogP contribution in [0.4, 0.5) is 5.69 Å². The van der Waals surface area contributed by atoms with Crippen LogP contribution >= 0.6 is 0 Å². The number of hydrogen-bond donors (Lipinski definition) is 0. The second-order valence-electron chi connectivity index (χ2n) is 5.26. The Hall–Kier alpha value is -3.42. The number of nitro benzene ring substituents is 1. The van der Waals surface area contributed by atoms with Crippen LogP contribution in [0.3, 0.4) is 0 Å². The van der Waals surface area contributed by atoms with E-state index in [-0.39, 0.29) is 23.9 Å². The molecule has 0 saturated heterocycles. The van der Waals surface area contributed by atoms with Crippen molar-refractivity contribution in [1.82, 2.24) is 10.1 Å². The molecule has 8 heteroatoms. The summed E-state index contributed by atoms with van der Waals surface area (Å²) in [5, 5.41) is 15.0. The van der Waals surface area contributed by atoms with Crippen LogP contribution in [0.1, 0.15) is 11.5 Å². The lowest BCUT2D eigenvalue weighted by molar-refractivity contribution is -0.386. The molecule has 0 bridgehead atoms. The number of aromatic nitrogens is 2. The van der Waals surface area contributed by atoms with Crippen molar-refractivity contribution in [1.29, 1.82) is 0 Å². The van der Waals surface area contributed by atoms with E-state index in [1.54, 1.807) is 6.07 Å². The summed E-state index contributed by atoms with van der Waals surface area (Å²) in [6, 6.07) is 12.0. The minimum absolute atomic E-state index is 0.0774. The number of hydrogen-bond acceptors (Lipinski definition) is 7. The highest BCUT2D eigenvalue weighted by atomic mass is 16.6. The van der Waals surface area contributed by atoms with E-state index in [2.05, 4.69) is 10.1 Å². The molecule has 0 saturated carbocycles. The summed E-state index contributed by atoms with van der Waals surface area (Å²) >= 11 is 0. The molecule has 3 aromatic rings. The van der Waals surface area contributed by atoms with Crippen molar-refractivity contribution in [3.63, 3.8) is 0 Å². The molecule has 0 aliphatic rings. The van der Waals surface area contributed by atoms with E-state index < -0.39 is 4.92 Å². The van der Waals surface area contributed by atoms with Crippen molar-refractivity contribution < 1.29 is 18.9 Å². The van der Waals surface area contributed by atoms with Gasteiger partial charge in [0.05, 0.1) is 18.1 Å². The summed E-state index contributed by atoms with van der Waals surface area (Å²) in [5.41, 5.74) is 1.75. The quantitative estimate of drug-likeness (QED) is 0.499. The topological polar surface area (TPSA) is 101 Å². The number of aryl methyl sites for hydroxylation is 1. The molecule has 1 aromatic heterocycles. The van der Waals surface area contributed by atoms with Gasteiger partial charge in [-0.2, -0.15) is 4.98 Å². The lowest BCUT2D eigenvalue weighted by Gasteiger charge is -2.05. The van der Waals surface area contributed by atoms with Gasteiger partial charge in [0, 0.05) is 5.56 Å². The number of rotatable bonds is 6. The summed E-state index contributed by atoms with van der Waals surface area (Å²) in [5.74, 6) is 1.13. The summed E-state index contributed by atoms with van der Waals surface area (Å²) in [7, 11) is 1.44. The van der Waals surface area contributed by atoms with E-state index in [0.29, 0.717) is 11.6 Å². The Morgan fingerprint density at radius 3 is 2.64 bits per heavy atom.